The molecule has 0 saturated carbocycles. The van der Waals surface area contributed by atoms with Crippen LogP contribution in [0.3, 0.4) is 0 Å². The number of rotatable bonds is 5. The van der Waals surface area contributed by atoms with Crippen LogP contribution >= 0.6 is 0 Å². The molecule has 0 aliphatic rings. The van der Waals surface area contributed by atoms with Crippen molar-refractivity contribution < 1.29 is 4.74 Å². The number of aromatic nitrogens is 3. The molecule has 96 valence electrons. The van der Waals surface area contributed by atoms with Crippen LogP contribution in [-0.2, 0) is 13.2 Å². The number of hydrogen-bond donors (Lipinski definition) is 1. The topological polar surface area (TPSA) is 66.0 Å². The van der Waals surface area contributed by atoms with Crippen molar-refractivity contribution >= 4 is 5.69 Å². The van der Waals surface area contributed by atoms with Crippen molar-refractivity contribution in [3.05, 3.63) is 36.4 Å². The molecule has 2 rings (SSSR count). The van der Waals surface area contributed by atoms with Gasteiger partial charge in [0.05, 0.1) is 5.69 Å². The molecule has 0 spiro atoms. The zero-order valence-electron chi connectivity index (χ0n) is 10.7. The zero-order valence-corrected chi connectivity index (χ0v) is 10.7. The van der Waals surface area contributed by atoms with Crippen LogP contribution in [-0.4, -0.2) is 14.8 Å². The van der Waals surface area contributed by atoms with Gasteiger partial charge in [-0.15, -0.1) is 0 Å². The number of benzene rings is 1. The Balaban J connectivity index is 2.02. The highest BCUT2D eigenvalue weighted by Crippen LogP contribution is 2.20. The first kappa shape index (κ1) is 12.4. The van der Waals surface area contributed by atoms with Gasteiger partial charge in [0.25, 0.3) is 0 Å². The summed E-state index contributed by atoms with van der Waals surface area (Å²) in [6.07, 6.45) is 1.55. The molecule has 1 heterocycles. The van der Waals surface area contributed by atoms with Gasteiger partial charge in [-0.1, -0.05) is 26.0 Å². The van der Waals surface area contributed by atoms with Gasteiger partial charge >= 0.3 is 0 Å². The van der Waals surface area contributed by atoms with E-state index in [9.17, 15) is 0 Å². The fourth-order valence-electron chi connectivity index (χ4n) is 1.65. The Bertz CT molecular complexity index is 507. The van der Waals surface area contributed by atoms with Gasteiger partial charge in [0, 0.05) is 6.54 Å². The van der Waals surface area contributed by atoms with Gasteiger partial charge in [0.1, 0.15) is 18.7 Å². The monoisotopic (exact) mass is 246 g/mol. The minimum atomic E-state index is 0.376. The van der Waals surface area contributed by atoms with E-state index >= 15 is 0 Å². The Morgan fingerprint density at radius 1 is 1.33 bits per heavy atom. The zero-order chi connectivity index (χ0) is 13.0. The molecule has 0 saturated heterocycles. The first-order valence-corrected chi connectivity index (χ1v) is 6.01. The second-order valence-corrected chi connectivity index (χ2v) is 4.58. The summed E-state index contributed by atoms with van der Waals surface area (Å²) < 4.78 is 7.52. The van der Waals surface area contributed by atoms with Gasteiger partial charge in [0.15, 0.2) is 5.82 Å². The van der Waals surface area contributed by atoms with Gasteiger partial charge in [-0.3, -0.25) is 0 Å². The molecule has 0 atom stereocenters. The summed E-state index contributed by atoms with van der Waals surface area (Å²) in [7, 11) is 0. The van der Waals surface area contributed by atoms with Gasteiger partial charge in [-0.2, -0.15) is 5.10 Å². The summed E-state index contributed by atoms with van der Waals surface area (Å²) >= 11 is 0. The average molecular weight is 246 g/mol. The van der Waals surface area contributed by atoms with Gasteiger partial charge in [-0.25, -0.2) is 9.67 Å². The first-order chi connectivity index (χ1) is 8.66. The Kier molecular flexibility index (Phi) is 3.82. The lowest BCUT2D eigenvalue weighted by atomic mass is 10.2. The molecule has 0 radical (unpaired) electrons. The maximum Gasteiger partial charge on any atom is 0.164 e. The molecule has 1 aromatic carbocycles. The minimum Gasteiger partial charge on any atom is -0.483 e. The van der Waals surface area contributed by atoms with Crippen LogP contribution in [0.1, 0.15) is 19.7 Å². The van der Waals surface area contributed by atoms with Crippen LogP contribution in [0, 0.1) is 5.92 Å². The average Bonchev–Trinajstić information content (AvgIpc) is 2.75. The Morgan fingerprint density at radius 2 is 2.11 bits per heavy atom. The molecule has 0 unspecified atom stereocenters. The van der Waals surface area contributed by atoms with E-state index in [-0.39, 0.29) is 0 Å². The molecule has 5 nitrogen and oxygen atoms in total. The van der Waals surface area contributed by atoms with Crippen molar-refractivity contribution in [2.75, 3.05) is 5.73 Å². The van der Waals surface area contributed by atoms with Crippen LogP contribution in [0.4, 0.5) is 5.69 Å². The molecule has 0 amide bonds. The summed E-state index contributed by atoms with van der Waals surface area (Å²) in [6, 6.07) is 7.43. The first-order valence-electron chi connectivity index (χ1n) is 6.01. The molecule has 2 aromatic rings. The van der Waals surface area contributed by atoms with E-state index in [4.69, 9.17) is 10.5 Å². The number of ether oxygens (including phenoxy) is 1. The van der Waals surface area contributed by atoms with Crippen LogP contribution in [0.15, 0.2) is 30.6 Å². The highest BCUT2D eigenvalue weighted by molar-refractivity contribution is 5.51. The lowest BCUT2D eigenvalue weighted by Crippen LogP contribution is -2.12. The second kappa shape index (κ2) is 5.53. The van der Waals surface area contributed by atoms with Gasteiger partial charge in [0.2, 0.25) is 0 Å². The number of anilines is 1. The maximum absolute atomic E-state index is 5.81. The molecule has 5 heteroatoms. The highest BCUT2D eigenvalue weighted by Gasteiger charge is 2.07. The SMILES string of the molecule is CC(C)Cn1ncnc1COc1ccccc1N. The molecule has 0 bridgehead atoms. The Labute approximate surface area is 107 Å². The number of nitrogens with two attached hydrogens (primary N) is 1. The smallest absolute Gasteiger partial charge is 0.164 e. The fraction of sp³-hybridized carbons (Fsp3) is 0.385. The van der Waals surface area contributed by atoms with Gasteiger partial charge in [-0.05, 0) is 18.1 Å². The van der Waals surface area contributed by atoms with E-state index in [1.54, 1.807) is 6.33 Å². The third-order valence-corrected chi connectivity index (χ3v) is 2.51. The summed E-state index contributed by atoms with van der Waals surface area (Å²) in [6.45, 7) is 5.49. The second-order valence-electron chi connectivity index (χ2n) is 4.58. The molecule has 1 aromatic heterocycles. The predicted molar refractivity (Wildman–Crippen MR) is 70.0 cm³/mol. The van der Waals surface area contributed by atoms with Crippen molar-refractivity contribution in [2.45, 2.75) is 27.0 Å². The Hall–Kier alpha value is -2.04. The largest absolute Gasteiger partial charge is 0.483 e. The van der Waals surface area contributed by atoms with Crippen molar-refractivity contribution in [3.8, 4) is 5.75 Å². The summed E-state index contributed by atoms with van der Waals surface area (Å²) in [4.78, 5) is 4.20. The number of nitrogens with zero attached hydrogens (tertiary/aromatic N) is 3. The third kappa shape index (κ3) is 3.00. The third-order valence-electron chi connectivity index (χ3n) is 2.51. The van der Waals surface area contributed by atoms with Crippen LogP contribution < -0.4 is 10.5 Å². The van der Waals surface area contributed by atoms with E-state index in [2.05, 4.69) is 23.9 Å². The lowest BCUT2D eigenvalue weighted by Gasteiger charge is -2.10. The van der Waals surface area contributed by atoms with E-state index in [1.165, 1.54) is 0 Å². The molecule has 0 aliphatic carbocycles. The highest BCUT2D eigenvalue weighted by atomic mass is 16.5. The van der Waals surface area contributed by atoms with Gasteiger partial charge < -0.3 is 10.5 Å². The maximum atomic E-state index is 5.81. The number of nitrogen functional groups attached to an aromatic ring is 1. The predicted octanol–water partition coefficient (Wildman–Crippen LogP) is 2.10. The normalized spacial score (nSPS) is 10.8. The number of para-hydroxylation sites is 2. The Morgan fingerprint density at radius 3 is 2.83 bits per heavy atom. The molecule has 2 N–H and O–H groups in total. The molecule has 18 heavy (non-hydrogen) atoms. The summed E-state index contributed by atoms with van der Waals surface area (Å²) in [5, 5.41) is 4.19. The van der Waals surface area contributed by atoms with Crippen LogP contribution in [0.5, 0.6) is 5.75 Å². The van der Waals surface area contributed by atoms with E-state index in [1.807, 2.05) is 28.9 Å². The van der Waals surface area contributed by atoms with E-state index in [0.29, 0.717) is 24.0 Å². The van der Waals surface area contributed by atoms with Crippen molar-refractivity contribution in [3.63, 3.8) is 0 Å². The molecule has 0 aliphatic heterocycles. The summed E-state index contributed by atoms with van der Waals surface area (Å²) in [5.74, 6) is 2.01. The minimum absolute atomic E-state index is 0.376. The molecular weight excluding hydrogens is 228 g/mol. The standard InChI is InChI=1S/C13H18N4O/c1-10(2)7-17-13(15-9-16-17)8-18-12-6-4-3-5-11(12)14/h3-6,9-10H,7-8,14H2,1-2H3. The number of hydrogen-bond acceptors (Lipinski definition) is 4. The quantitative estimate of drug-likeness (QED) is 0.820. The fourth-order valence-corrected chi connectivity index (χ4v) is 1.65. The van der Waals surface area contributed by atoms with Crippen LogP contribution in [0.25, 0.3) is 0 Å². The van der Waals surface area contributed by atoms with E-state index in [0.717, 1.165) is 12.4 Å². The van der Waals surface area contributed by atoms with Crippen molar-refractivity contribution in [2.24, 2.45) is 5.92 Å². The lowest BCUT2D eigenvalue weighted by molar-refractivity contribution is 0.284. The van der Waals surface area contributed by atoms with Crippen molar-refractivity contribution in [1.29, 1.82) is 0 Å². The molecule has 0 fully saturated rings. The van der Waals surface area contributed by atoms with E-state index < -0.39 is 0 Å². The summed E-state index contributed by atoms with van der Waals surface area (Å²) in [5.41, 5.74) is 6.44. The molecular formula is C13H18N4O. The van der Waals surface area contributed by atoms with Crippen LogP contribution in [0.2, 0.25) is 0 Å². The van der Waals surface area contributed by atoms with Crippen molar-refractivity contribution in [1.82, 2.24) is 14.8 Å².